The van der Waals surface area contributed by atoms with E-state index in [4.69, 9.17) is 14.0 Å². The van der Waals surface area contributed by atoms with Crippen LogP contribution in [-0.2, 0) is 9.47 Å². The summed E-state index contributed by atoms with van der Waals surface area (Å²) in [7, 11) is 1.36. The zero-order chi connectivity index (χ0) is 26.7. The van der Waals surface area contributed by atoms with Gasteiger partial charge in [-0.3, -0.25) is 4.79 Å². The van der Waals surface area contributed by atoms with Crippen LogP contribution < -0.4 is 10.2 Å². The first-order valence-corrected chi connectivity index (χ1v) is 12.8. The molecule has 1 spiro atoms. The van der Waals surface area contributed by atoms with Gasteiger partial charge in [0.05, 0.1) is 48.9 Å². The average Bonchev–Trinajstić information content (AvgIpc) is 3.50. The molecule has 0 radical (unpaired) electrons. The van der Waals surface area contributed by atoms with Crippen LogP contribution in [0.1, 0.15) is 27.7 Å². The fraction of sp³-hybridized carbons (Fsp3) is 0.370. The molecule has 3 aliphatic rings. The van der Waals surface area contributed by atoms with Crippen LogP contribution in [0.4, 0.5) is 16.2 Å². The first-order chi connectivity index (χ1) is 18.9. The largest absolute Gasteiger partial charge is 0.453 e. The van der Waals surface area contributed by atoms with Crippen molar-refractivity contribution in [3.05, 3.63) is 59.7 Å². The summed E-state index contributed by atoms with van der Waals surface area (Å²) in [6.45, 7) is 6.44. The number of aryl methyl sites for hydroxylation is 1. The average molecular weight is 530 g/mol. The number of carbonyl (C=O) groups excluding carboxylic acids is 2. The number of pyridine rings is 1. The highest BCUT2D eigenvalue weighted by atomic mass is 16.5. The van der Waals surface area contributed by atoms with Gasteiger partial charge in [-0.2, -0.15) is 10.1 Å². The lowest BCUT2D eigenvalue weighted by Crippen LogP contribution is -2.66. The minimum Gasteiger partial charge on any atom is -0.453 e. The SMILES string of the molecule is COC(=O)N1CC(c2nc(-c3ccc(C)c(NC(=O)c4cnn5ccc(N6CC7(COC7)C6)cc45)c3)no2)C1. The molecule has 4 aromatic rings. The summed E-state index contributed by atoms with van der Waals surface area (Å²) in [5.74, 6) is 0.610. The topological polar surface area (TPSA) is 127 Å². The molecule has 12 nitrogen and oxygen atoms in total. The van der Waals surface area contributed by atoms with E-state index >= 15 is 0 Å². The van der Waals surface area contributed by atoms with Crippen LogP contribution in [0.15, 0.2) is 47.2 Å². The van der Waals surface area contributed by atoms with E-state index in [1.54, 1.807) is 15.6 Å². The molecule has 0 saturated carbocycles. The minimum atomic E-state index is -0.370. The molecule has 3 fully saturated rings. The number of likely N-dealkylation sites (tertiary alicyclic amines) is 1. The molecular formula is C27H27N7O5. The summed E-state index contributed by atoms with van der Waals surface area (Å²) < 4.78 is 17.3. The molecule has 1 aromatic carbocycles. The molecule has 0 unspecified atom stereocenters. The van der Waals surface area contributed by atoms with E-state index in [0.717, 1.165) is 43.1 Å². The Morgan fingerprint density at radius 1 is 1.15 bits per heavy atom. The molecule has 3 aromatic heterocycles. The summed E-state index contributed by atoms with van der Waals surface area (Å²) in [6, 6.07) is 9.66. The number of hydrogen-bond donors (Lipinski definition) is 1. The maximum atomic E-state index is 13.4. The lowest BCUT2D eigenvalue weighted by molar-refractivity contribution is -0.127. The number of fused-ring (bicyclic) bond motifs is 1. The van der Waals surface area contributed by atoms with Crippen LogP contribution in [0.25, 0.3) is 16.9 Å². The smallest absolute Gasteiger partial charge is 0.409 e. The van der Waals surface area contributed by atoms with Crippen molar-refractivity contribution >= 4 is 28.9 Å². The molecule has 0 atom stereocenters. The second-order valence-electron chi connectivity index (χ2n) is 10.6. The predicted molar refractivity (Wildman–Crippen MR) is 140 cm³/mol. The first-order valence-electron chi connectivity index (χ1n) is 12.8. The number of ether oxygens (including phenoxy) is 2. The Morgan fingerprint density at radius 2 is 1.97 bits per heavy atom. The van der Waals surface area contributed by atoms with Gasteiger partial charge in [0.1, 0.15) is 0 Å². The normalized spacial score (nSPS) is 18.0. The van der Waals surface area contributed by atoms with Crippen LogP contribution in [-0.4, -0.2) is 83.2 Å². The van der Waals surface area contributed by atoms with Crippen LogP contribution in [0.5, 0.6) is 0 Å². The Morgan fingerprint density at radius 3 is 2.72 bits per heavy atom. The van der Waals surface area contributed by atoms with E-state index in [0.29, 0.717) is 47.0 Å². The van der Waals surface area contributed by atoms with Crippen molar-refractivity contribution in [1.29, 1.82) is 0 Å². The Labute approximate surface area is 223 Å². The van der Waals surface area contributed by atoms with E-state index in [1.165, 1.54) is 7.11 Å². The lowest BCUT2D eigenvalue weighted by Gasteiger charge is -2.56. The quantitative estimate of drug-likeness (QED) is 0.415. The molecule has 3 aliphatic heterocycles. The molecule has 39 heavy (non-hydrogen) atoms. The number of hydrogen-bond acceptors (Lipinski definition) is 9. The summed E-state index contributed by atoms with van der Waals surface area (Å²) >= 11 is 0. The van der Waals surface area contributed by atoms with Gasteiger partial charge in [-0.1, -0.05) is 17.3 Å². The van der Waals surface area contributed by atoms with E-state index in [9.17, 15) is 9.59 Å². The van der Waals surface area contributed by atoms with Crippen LogP contribution in [0.3, 0.4) is 0 Å². The van der Waals surface area contributed by atoms with Crippen molar-refractivity contribution in [3.63, 3.8) is 0 Å². The number of nitrogens with zero attached hydrogens (tertiary/aromatic N) is 6. The van der Waals surface area contributed by atoms with Gasteiger partial charge < -0.3 is 29.1 Å². The fourth-order valence-electron chi connectivity index (χ4n) is 5.38. The number of amides is 2. The van der Waals surface area contributed by atoms with Crippen LogP contribution >= 0.6 is 0 Å². The zero-order valence-corrected chi connectivity index (χ0v) is 21.6. The van der Waals surface area contributed by atoms with Gasteiger partial charge in [0.2, 0.25) is 11.7 Å². The van der Waals surface area contributed by atoms with Gasteiger partial charge in [-0.05, 0) is 30.7 Å². The van der Waals surface area contributed by atoms with Crippen molar-refractivity contribution in [3.8, 4) is 11.4 Å². The Balaban J connectivity index is 1.08. The van der Waals surface area contributed by atoms with Gasteiger partial charge in [0, 0.05) is 49.3 Å². The summed E-state index contributed by atoms with van der Waals surface area (Å²) in [6.07, 6.45) is 3.10. The number of rotatable bonds is 5. The molecule has 12 heteroatoms. The second kappa shape index (κ2) is 8.80. The van der Waals surface area contributed by atoms with Gasteiger partial charge in [0.25, 0.3) is 5.91 Å². The predicted octanol–water partition coefficient (Wildman–Crippen LogP) is 2.95. The van der Waals surface area contributed by atoms with Crippen LogP contribution in [0, 0.1) is 12.3 Å². The minimum absolute atomic E-state index is 0.0284. The van der Waals surface area contributed by atoms with E-state index in [-0.39, 0.29) is 17.9 Å². The lowest BCUT2D eigenvalue weighted by atomic mass is 9.78. The standard InChI is InChI=1S/C27H27N7O5/c1-16-3-4-17(23-30-25(39-31-23)18-10-32(11-18)26(36)37-2)7-21(16)29-24(35)20-9-28-34-6-5-19(8-22(20)34)33-12-27(13-33)14-38-15-27/h3-9,18H,10-15H2,1-2H3,(H,29,35). The molecule has 6 heterocycles. The molecule has 0 bridgehead atoms. The Bertz CT molecular complexity index is 1590. The number of methoxy groups -OCH3 is 1. The van der Waals surface area contributed by atoms with Crippen molar-refractivity contribution in [2.24, 2.45) is 5.41 Å². The Kier molecular flexibility index (Phi) is 5.34. The molecule has 7 rings (SSSR count). The van der Waals surface area contributed by atoms with E-state index < -0.39 is 0 Å². The third kappa shape index (κ3) is 3.98. The fourth-order valence-corrected chi connectivity index (χ4v) is 5.38. The zero-order valence-electron chi connectivity index (χ0n) is 21.6. The molecule has 2 amide bonds. The molecule has 0 aliphatic carbocycles. The highest BCUT2D eigenvalue weighted by Crippen LogP contribution is 2.40. The van der Waals surface area contributed by atoms with Gasteiger partial charge in [-0.15, -0.1) is 0 Å². The Hall–Kier alpha value is -4.45. The first kappa shape index (κ1) is 23.7. The molecule has 3 saturated heterocycles. The van der Waals surface area contributed by atoms with Crippen molar-refractivity contribution in [2.45, 2.75) is 12.8 Å². The van der Waals surface area contributed by atoms with E-state index in [1.807, 2.05) is 43.5 Å². The number of nitrogens with one attached hydrogen (secondary N) is 1. The third-order valence-corrected chi connectivity index (χ3v) is 7.83. The molecular weight excluding hydrogens is 502 g/mol. The maximum absolute atomic E-state index is 13.4. The monoisotopic (exact) mass is 529 g/mol. The molecule has 1 N–H and O–H groups in total. The van der Waals surface area contributed by atoms with Gasteiger partial charge in [-0.25, -0.2) is 9.31 Å². The van der Waals surface area contributed by atoms with Crippen LogP contribution in [0.2, 0.25) is 0 Å². The van der Waals surface area contributed by atoms with Gasteiger partial charge in [0.15, 0.2) is 0 Å². The van der Waals surface area contributed by atoms with Gasteiger partial charge >= 0.3 is 6.09 Å². The number of anilines is 2. The summed E-state index contributed by atoms with van der Waals surface area (Å²) in [5.41, 5.74) is 4.87. The van der Waals surface area contributed by atoms with E-state index in [2.05, 4.69) is 25.5 Å². The maximum Gasteiger partial charge on any atom is 0.409 e. The second-order valence-corrected chi connectivity index (χ2v) is 10.6. The number of carbonyl (C=O) groups is 2. The molecule has 200 valence electrons. The highest BCUT2D eigenvalue weighted by molar-refractivity contribution is 6.09. The van der Waals surface area contributed by atoms with Crippen molar-refractivity contribution < 1.29 is 23.6 Å². The summed E-state index contributed by atoms with van der Waals surface area (Å²) in [5, 5.41) is 11.5. The van der Waals surface area contributed by atoms with Crippen molar-refractivity contribution in [2.75, 3.05) is 56.7 Å². The van der Waals surface area contributed by atoms with Crippen molar-refractivity contribution in [1.82, 2.24) is 24.7 Å². The third-order valence-electron chi connectivity index (χ3n) is 7.83. The highest BCUT2D eigenvalue weighted by Gasteiger charge is 2.49. The number of aromatic nitrogens is 4. The number of benzene rings is 1. The summed E-state index contributed by atoms with van der Waals surface area (Å²) in [4.78, 5) is 33.4.